The Morgan fingerprint density at radius 1 is 0.423 bits per heavy atom. The lowest BCUT2D eigenvalue weighted by molar-refractivity contribution is -0.149. The van der Waals surface area contributed by atoms with Gasteiger partial charge in [0.1, 0.15) is 0 Å². The van der Waals surface area contributed by atoms with Gasteiger partial charge in [0.25, 0.3) is 0 Å². The van der Waals surface area contributed by atoms with Gasteiger partial charge in [-0.3, -0.25) is 9.59 Å². The average molecular weight is 732 g/mol. The van der Waals surface area contributed by atoms with Gasteiger partial charge in [-0.05, 0) is 162 Å². The molecule has 4 saturated heterocycles. The summed E-state index contributed by atoms with van der Waals surface area (Å²) in [5.41, 5.74) is -0.811. The van der Waals surface area contributed by atoms with E-state index in [-0.39, 0.29) is 106 Å². The van der Waals surface area contributed by atoms with Crippen molar-refractivity contribution in [1.29, 1.82) is 0 Å². The molecule has 0 bridgehead atoms. The van der Waals surface area contributed by atoms with Crippen molar-refractivity contribution < 1.29 is 14.8 Å². The number of hydrogen-bond acceptors (Lipinski definition) is 8. The Bertz CT molecular complexity index is 1050. The van der Waals surface area contributed by atoms with E-state index in [0.717, 1.165) is 51.4 Å². The first-order chi connectivity index (χ1) is 23.3. The van der Waals surface area contributed by atoms with Crippen LogP contribution in [0.1, 0.15) is 175 Å². The van der Waals surface area contributed by atoms with Gasteiger partial charge in [0.2, 0.25) is 11.8 Å². The highest BCUT2D eigenvalue weighted by Crippen LogP contribution is 2.40. The third-order valence-electron chi connectivity index (χ3n) is 12.0. The van der Waals surface area contributed by atoms with Gasteiger partial charge in [-0.1, -0.05) is 0 Å². The fourth-order valence-corrected chi connectivity index (χ4v) is 12.1. The second kappa shape index (κ2) is 14.6. The lowest BCUT2D eigenvalue weighted by atomic mass is 9.75. The monoisotopic (exact) mass is 732 g/mol. The zero-order chi connectivity index (χ0) is 39.5. The van der Waals surface area contributed by atoms with Crippen molar-refractivity contribution in [1.82, 2.24) is 36.1 Å². The third-order valence-corrected chi connectivity index (χ3v) is 12.0. The molecule has 0 radical (unpaired) electrons. The van der Waals surface area contributed by atoms with Gasteiger partial charge in [-0.2, -0.15) is 5.06 Å². The van der Waals surface area contributed by atoms with Crippen LogP contribution in [0.15, 0.2) is 0 Å². The number of hydroxylamine groups is 2. The van der Waals surface area contributed by atoms with Crippen molar-refractivity contribution in [3.8, 4) is 0 Å². The van der Waals surface area contributed by atoms with Crippen molar-refractivity contribution in [2.75, 3.05) is 13.1 Å². The quantitative estimate of drug-likeness (QED) is 0.165. The molecule has 0 unspecified atom stereocenters. The molecule has 10 heteroatoms. The molecule has 4 fully saturated rings. The van der Waals surface area contributed by atoms with Gasteiger partial charge < -0.3 is 36.3 Å². The Morgan fingerprint density at radius 2 is 0.596 bits per heavy atom. The van der Waals surface area contributed by atoms with Crippen LogP contribution in [0.25, 0.3) is 0 Å². The molecule has 2 amide bonds. The van der Waals surface area contributed by atoms with Gasteiger partial charge in [0.05, 0.1) is 0 Å². The predicted molar refractivity (Wildman–Crippen MR) is 214 cm³/mol. The fourth-order valence-electron chi connectivity index (χ4n) is 12.1. The molecule has 0 atom stereocenters. The van der Waals surface area contributed by atoms with E-state index in [1.54, 1.807) is 0 Å². The summed E-state index contributed by atoms with van der Waals surface area (Å²) >= 11 is 0. The lowest BCUT2D eigenvalue weighted by Crippen LogP contribution is -2.67. The summed E-state index contributed by atoms with van der Waals surface area (Å²) in [6.45, 7) is 36.3. The van der Waals surface area contributed by atoms with Crippen LogP contribution in [0.5, 0.6) is 0 Å². The first kappa shape index (κ1) is 43.4. The molecular formula is C42H81N7O3. The van der Waals surface area contributed by atoms with Gasteiger partial charge in [-0.25, -0.2) is 0 Å². The molecule has 4 heterocycles. The van der Waals surface area contributed by atoms with E-state index >= 15 is 0 Å². The Balaban J connectivity index is 1.50. The minimum absolute atomic E-state index is 0.0994. The minimum atomic E-state index is -0.101. The number of rotatable bonds is 10. The highest BCUT2D eigenvalue weighted by Gasteiger charge is 2.49. The van der Waals surface area contributed by atoms with E-state index in [9.17, 15) is 14.8 Å². The summed E-state index contributed by atoms with van der Waals surface area (Å²) < 4.78 is 0. The molecule has 0 aromatic carbocycles. The third kappa shape index (κ3) is 11.8. The second-order valence-corrected chi connectivity index (χ2v) is 22.9. The summed E-state index contributed by atoms with van der Waals surface area (Å²) in [7, 11) is 0. The smallest absolute Gasteiger partial charge is 0.224 e. The predicted octanol–water partition coefficient (Wildman–Crippen LogP) is 6.35. The number of nitrogens with one attached hydrogen (secondary N) is 4. The van der Waals surface area contributed by atoms with Crippen LogP contribution in [0.2, 0.25) is 0 Å². The molecule has 4 aliphatic rings. The van der Waals surface area contributed by atoms with Gasteiger partial charge in [0, 0.05) is 94.4 Å². The molecule has 0 aromatic heterocycles. The Labute approximate surface area is 318 Å². The van der Waals surface area contributed by atoms with Crippen LogP contribution in [0, 0.1) is 0 Å². The molecule has 302 valence electrons. The van der Waals surface area contributed by atoms with Crippen LogP contribution in [0.3, 0.4) is 0 Å². The van der Waals surface area contributed by atoms with Gasteiger partial charge in [-0.15, -0.1) is 0 Å². The van der Waals surface area contributed by atoms with Crippen molar-refractivity contribution in [2.24, 2.45) is 0 Å². The van der Waals surface area contributed by atoms with Crippen LogP contribution >= 0.6 is 0 Å². The standard InChI is InChI=1S/C42H81N7O3/c1-35(2)21-29(22-36(3,4)43-35)48(30-23-37(5,6)44-38(7,8)24-30)33(50)17-19-47(52)20-18-34(51)49(31-25-39(9,10)45-40(11,12)26-31)32-27-41(13,14)46-42(15,16)28-32/h29-32,43-46,52H,17-28H2,1-16H3. The van der Waals surface area contributed by atoms with Crippen molar-refractivity contribution in [2.45, 2.75) is 243 Å². The highest BCUT2D eigenvalue weighted by molar-refractivity contribution is 5.78. The zero-order valence-corrected chi connectivity index (χ0v) is 36.4. The summed E-state index contributed by atoms with van der Waals surface area (Å²) in [6.07, 6.45) is 7.51. The van der Waals surface area contributed by atoms with Gasteiger partial charge in [0.15, 0.2) is 0 Å². The molecular weight excluding hydrogens is 651 g/mol. The van der Waals surface area contributed by atoms with Crippen LogP contribution < -0.4 is 21.3 Å². The maximum absolute atomic E-state index is 14.5. The molecule has 0 aromatic rings. The molecule has 10 nitrogen and oxygen atoms in total. The largest absolute Gasteiger partial charge is 0.336 e. The molecule has 0 saturated carbocycles. The average Bonchev–Trinajstić information content (AvgIpc) is 2.83. The van der Waals surface area contributed by atoms with Crippen molar-refractivity contribution in [3.63, 3.8) is 0 Å². The zero-order valence-electron chi connectivity index (χ0n) is 36.4. The maximum atomic E-state index is 14.5. The van der Waals surface area contributed by atoms with Crippen LogP contribution in [0.4, 0.5) is 0 Å². The number of piperidine rings is 4. The highest BCUT2D eigenvalue weighted by atomic mass is 16.5. The summed E-state index contributed by atoms with van der Waals surface area (Å²) in [6, 6.07) is 0.417. The number of hydrogen-bond donors (Lipinski definition) is 5. The molecule has 5 N–H and O–H groups in total. The Hall–Kier alpha value is -1.30. The number of nitrogens with zero attached hydrogens (tertiary/aromatic N) is 3. The van der Waals surface area contributed by atoms with Gasteiger partial charge >= 0.3 is 0 Å². The summed E-state index contributed by atoms with van der Waals surface area (Å²) in [5, 5.41) is 27.7. The maximum Gasteiger partial charge on any atom is 0.224 e. The fraction of sp³-hybridized carbons (Fsp3) is 0.952. The molecule has 4 rings (SSSR count). The normalized spacial score (nSPS) is 28.3. The van der Waals surface area contributed by atoms with E-state index < -0.39 is 0 Å². The first-order valence-corrected chi connectivity index (χ1v) is 20.5. The summed E-state index contributed by atoms with van der Waals surface area (Å²) in [5.74, 6) is 0.199. The first-order valence-electron chi connectivity index (χ1n) is 20.5. The Kier molecular flexibility index (Phi) is 12.2. The molecule has 52 heavy (non-hydrogen) atoms. The van der Waals surface area contributed by atoms with E-state index in [4.69, 9.17) is 0 Å². The topological polar surface area (TPSA) is 112 Å². The van der Waals surface area contributed by atoms with Crippen LogP contribution in [-0.2, 0) is 9.59 Å². The number of carbonyl (C=O) groups excluding carboxylic acids is 2. The minimum Gasteiger partial charge on any atom is -0.336 e. The van der Waals surface area contributed by atoms with E-state index in [2.05, 4.69) is 142 Å². The number of carbonyl (C=O) groups is 2. The van der Waals surface area contributed by atoms with E-state index in [1.165, 1.54) is 5.06 Å². The molecule has 0 spiro atoms. The molecule has 0 aliphatic carbocycles. The van der Waals surface area contributed by atoms with E-state index in [1.807, 2.05) is 0 Å². The second-order valence-electron chi connectivity index (χ2n) is 22.9. The van der Waals surface area contributed by atoms with Crippen LogP contribution in [-0.4, -0.2) is 113 Å². The van der Waals surface area contributed by atoms with Crippen molar-refractivity contribution in [3.05, 3.63) is 0 Å². The Morgan fingerprint density at radius 3 is 0.769 bits per heavy atom. The van der Waals surface area contributed by atoms with Crippen molar-refractivity contribution >= 4 is 11.8 Å². The SMILES string of the molecule is CC1(C)CC(N(C(=O)CCN(O)CCC(=O)N(C2CC(C)(C)NC(C)(C)C2)C2CC(C)(C)NC(C)(C)C2)C2CC(C)(C)NC(C)(C)C2)CC(C)(C)N1. The summed E-state index contributed by atoms with van der Waals surface area (Å²) in [4.78, 5) is 33.3. The lowest BCUT2D eigenvalue weighted by Gasteiger charge is -2.55. The number of amides is 2. The van der Waals surface area contributed by atoms with E-state index in [0.29, 0.717) is 0 Å². The molecule has 4 aliphatic heterocycles.